The van der Waals surface area contributed by atoms with Gasteiger partial charge >= 0.3 is 0 Å². The fraction of sp³-hybridized carbons (Fsp3) is 0.125. The molecule has 0 aliphatic carbocycles. The normalized spacial score (nSPS) is 9.67. The molecule has 15 heavy (non-hydrogen) atoms. The summed E-state index contributed by atoms with van der Waals surface area (Å²) in [4.78, 5) is 20.9. The van der Waals surface area contributed by atoms with E-state index in [2.05, 4.69) is 21.2 Å². The Kier molecular flexibility index (Phi) is 3.62. The number of carbonyl (C=O) groups is 1. The van der Waals surface area contributed by atoms with Crippen LogP contribution >= 0.6 is 15.9 Å². The summed E-state index contributed by atoms with van der Waals surface area (Å²) >= 11 is 2.89. The molecule has 0 spiro atoms. The van der Waals surface area contributed by atoms with Gasteiger partial charge in [-0.05, 0) is 6.07 Å². The molecule has 0 atom stereocenters. The Balaban J connectivity index is 3.13. The number of phenolic OH excluding ortho intramolecular Hbond substituents is 1. The minimum Gasteiger partial charge on any atom is -0.505 e. The van der Waals surface area contributed by atoms with Gasteiger partial charge < -0.3 is 10.4 Å². The van der Waals surface area contributed by atoms with Crippen LogP contribution in [0.15, 0.2) is 18.2 Å². The van der Waals surface area contributed by atoms with E-state index in [0.717, 1.165) is 0 Å². The van der Waals surface area contributed by atoms with E-state index in [9.17, 15) is 20.0 Å². The Morgan fingerprint density at radius 1 is 1.60 bits per heavy atom. The Bertz CT molecular complexity index is 408. The summed E-state index contributed by atoms with van der Waals surface area (Å²) in [6, 6.07) is 3.79. The molecule has 0 bridgehead atoms. The number of hydrogen-bond donors (Lipinski definition) is 2. The molecule has 6 nitrogen and oxygen atoms in total. The number of nitro groups is 1. The van der Waals surface area contributed by atoms with Gasteiger partial charge in [0.15, 0.2) is 5.69 Å². The summed E-state index contributed by atoms with van der Waals surface area (Å²) in [6.45, 7) is 0. The van der Waals surface area contributed by atoms with Crippen molar-refractivity contribution in [1.29, 1.82) is 0 Å². The number of alkyl halides is 1. The molecule has 0 fully saturated rings. The fourth-order valence-corrected chi connectivity index (χ4v) is 1.12. The molecule has 1 aromatic rings. The van der Waals surface area contributed by atoms with E-state index in [1.807, 2.05) is 0 Å². The average Bonchev–Trinajstić information content (AvgIpc) is 2.20. The van der Waals surface area contributed by atoms with E-state index in [1.54, 1.807) is 0 Å². The van der Waals surface area contributed by atoms with Crippen molar-refractivity contribution in [3.05, 3.63) is 28.3 Å². The lowest BCUT2D eigenvalue weighted by Gasteiger charge is -2.05. The van der Waals surface area contributed by atoms with Gasteiger partial charge in [-0.25, -0.2) is 0 Å². The highest BCUT2D eigenvalue weighted by atomic mass is 79.9. The number of rotatable bonds is 3. The number of nitro benzene ring substituents is 1. The van der Waals surface area contributed by atoms with Crippen LogP contribution in [0.3, 0.4) is 0 Å². The van der Waals surface area contributed by atoms with Crippen molar-refractivity contribution in [2.45, 2.75) is 0 Å². The van der Waals surface area contributed by atoms with Crippen LogP contribution in [-0.2, 0) is 4.79 Å². The van der Waals surface area contributed by atoms with Crippen LogP contribution in [0.2, 0.25) is 0 Å². The van der Waals surface area contributed by atoms with Crippen LogP contribution in [0.25, 0.3) is 0 Å². The van der Waals surface area contributed by atoms with Crippen LogP contribution in [-0.4, -0.2) is 21.3 Å². The summed E-state index contributed by atoms with van der Waals surface area (Å²) in [7, 11) is 0. The van der Waals surface area contributed by atoms with Crippen LogP contribution in [0.4, 0.5) is 11.4 Å². The van der Waals surface area contributed by atoms with E-state index >= 15 is 0 Å². The zero-order valence-corrected chi connectivity index (χ0v) is 9.02. The number of aromatic hydroxyl groups is 1. The molecule has 0 heterocycles. The third kappa shape index (κ3) is 2.66. The number of anilines is 1. The number of phenols is 1. The van der Waals surface area contributed by atoms with Gasteiger partial charge in [-0.15, -0.1) is 0 Å². The SMILES string of the molecule is O=C(CBr)Nc1c(O)cccc1[N+](=O)[O-]. The van der Waals surface area contributed by atoms with Gasteiger partial charge in [-0.3, -0.25) is 14.9 Å². The zero-order valence-electron chi connectivity index (χ0n) is 7.44. The lowest BCUT2D eigenvalue weighted by molar-refractivity contribution is -0.384. The Labute approximate surface area is 93.2 Å². The van der Waals surface area contributed by atoms with Crippen molar-refractivity contribution in [3.63, 3.8) is 0 Å². The molecule has 0 aromatic heterocycles. The Hall–Kier alpha value is -1.63. The summed E-state index contributed by atoms with van der Waals surface area (Å²) in [5, 5.41) is 22.2. The highest BCUT2D eigenvalue weighted by Gasteiger charge is 2.18. The molecule has 7 heteroatoms. The molecule has 0 saturated carbocycles. The maximum absolute atomic E-state index is 11.0. The third-order valence-corrected chi connectivity index (χ3v) is 2.11. The monoisotopic (exact) mass is 274 g/mol. The molecule has 0 saturated heterocycles. The molecule has 1 aromatic carbocycles. The number of benzene rings is 1. The molecule has 0 aliphatic rings. The molecule has 80 valence electrons. The first-order valence-electron chi connectivity index (χ1n) is 3.88. The molecule has 2 N–H and O–H groups in total. The minimum absolute atomic E-state index is 0.00150. The average molecular weight is 275 g/mol. The van der Waals surface area contributed by atoms with E-state index in [1.165, 1.54) is 18.2 Å². The first-order valence-corrected chi connectivity index (χ1v) is 5.00. The highest BCUT2D eigenvalue weighted by Crippen LogP contribution is 2.32. The Morgan fingerprint density at radius 3 is 2.80 bits per heavy atom. The molecule has 0 radical (unpaired) electrons. The highest BCUT2D eigenvalue weighted by molar-refractivity contribution is 9.09. The first kappa shape index (κ1) is 11.4. The first-order chi connectivity index (χ1) is 7.06. The van der Waals surface area contributed by atoms with Crippen LogP contribution in [0, 0.1) is 10.1 Å². The Morgan fingerprint density at radius 2 is 2.27 bits per heavy atom. The van der Waals surface area contributed by atoms with Crippen molar-refractivity contribution < 1.29 is 14.8 Å². The lowest BCUT2D eigenvalue weighted by atomic mass is 10.2. The van der Waals surface area contributed by atoms with Crippen molar-refractivity contribution >= 4 is 33.2 Å². The number of nitrogens with zero attached hydrogens (tertiary/aromatic N) is 1. The molecule has 1 rings (SSSR count). The summed E-state index contributed by atoms with van der Waals surface area (Å²) in [6.07, 6.45) is 0. The van der Waals surface area contributed by atoms with Gasteiger partial charge in [0.1, 0.15) is 5.75 Å². The number of nitrogens with one attached hydrogen (secondary N) is 1. The smallest absolute Gasteiger partial charge is 0.296 e. The second kappa shape index (κ2) is 4.74. The summed E-state index contributed by atoms with van der Waals surface area (Å²) in [5.41, 5.74) is -0.531. The maximum atomic E-state index is 11.0. The van der Waals surface area contributed by atoms with Gasteiger partial charge in [0.25, 0.3) is 5.69 Å². The van der Waals surface area contributed by atoms with Crippen LogP contribution in [0.1, 0.15) is 0 Å². The second-order valence-electron chi connectivity index (χ2n) is 2.61. The third-order valence-electron chi connectivity index (χ3n) is 1.60. The topological polar surface area (TPSA) is 92.5 Å². The quantitative estimate of drug-likeness (QED) is 0.379. The zero-order chi connectivity index (χ0) is 11.4. The lowest BCUT2D eigenvalue weighted by Crippen LogP contribution is -2.13. The number of carbonyl (C=O) groups excluding carboxylic acids is 1. The predicted molar refractivity (Wildman–Crippen MR) is 57.2 cm³/mol. The molecule has 1 amide bonds. The second-order valence-corrected chi connectivity index (χ2v) is 3.17. The van der Waals surface area contributed by atoms with Crippen LogP contribution in [0.5, 0.6) is 5.75 Å². The van der Waals surface area contributed by atoms with Gasteiger partial charge in [0.2, 0.25) is 5.91 Å². The number of amides is 1. The largest absolute Gasteiger partial charge is 0.505 e. The predicted octanol–water partition coefficient (Wildman–Crippen LogP) is 1.63. The van der Waals surface area contributed by atoms with Crippen LogP contribution < -0.4 is 5.32 Å². The van der Waals surface area contributed by atoms with Crippen molar-refractivity contribution in [2.24, 2.45) is 0 Å². The van der Waals surface area contributed by atoms with Gasteiger partial charge in [0, 0.05) is 6.07 Å². The van der Waals surface area contributed by atoms with Gasteiger partial charge in [0.05, 0.1) is 10.3 Å². The van der Waals surface area contributed by atoms with E-state index in [0.29, 0.717) is 0 Å². The van der Waals surface area contributed by atoms with Crippen molar-refractivity contribution in [1.82, 2.24) is 0 Å². The fourth-order valence-electron chi connectivity index (χ4n) is 0.981. The van der Waals surface area contributed by atoms with E-state index in [-0.39, 0.29) is 22.5 Å². The standard InChI is InChI=1S/C8H7BrN2O4/c9-4-7(13)10-8-5(11(14)15)2-1-3-6(8)12/h1-3,12H,4H2,(H,10,13). The van der Waals surface area contributed by atoms with Gasteiger partial charge in [-0.1, -0.05) is 22.0 Å². The molecule has 0 aliphatic heterocycles. The summed E-state index contributed by atoms with van der Waals surface area (Å²) in [5.74, 6) is -0.807. The molecule has 0 unspecified atom stereocenters. The van der Waals surface area contributed by atoms with E-state index < -0.39 is 10.8 Å². The number of para-hydroxylation sites is 1. The molecular weight excluding hydrogens is 268 g/mol. The van der Waals surface area contributed by atoms with Crippen molar-refractivity contribution in [3.8, 4) is 5.75 Å². The van der Waals surface area contributed by atoms with Crippen molar-refractivity contribution in [2.75, 3.05) is 10.6 Å². The molecular formula is C8H7BrN2O4. The van der Waals surface area contributed by atoms with E-state index in [4.69, 9.17) is 0 Å². The number of hydrogen-bond acceptors (Lipinski definition) is 4. The van der Waals surface area contributed by atoms with Gasteiger partial charge in [-0.2, -0.15) is 0 Å². The maximum Gasteiger partial charge on any atom is 0.296 e. The number of halogens is 1. The minimum atomic E-state index is -0.677. The summed E-state index contributed by atoms with van der Waals surface area (Å²) < 4.78 is 0.